The van der Waals surface area contributed by atoms with Crippen molar-refractivity contribution in [3.8, 4) is 0 Å². The summed E-state index contributed by atoms with van der Waals surface area (Å²) in [5.41, 5.74) is 0.158. The average molecular weight is 280 g/mol. The highest BCUT2D eigenvalue weighted by atomic mass is 32.1. The predicted molar refractivity (Wildman–Crippen MR) is 55.6 cm³/mol. The van der Waals surface area contributed by atoms with Gasteiger partial charge in [-0.25, -0.2) is 0 Å². The minimum Gasteiger partial charge on any atom is -0.411 e. The minimum atomic E-state index is -5.03. The van der Waals surface area contributed by atoms with E-state index in [1.54, 1.807) is 10.7 Å². The lowest BCUT2D eigenvalue weighted by Gasteiger charge is -2.18. The molecule has 0 saturated carbocycles. The maximum atomic E-state index is 12.1. The topological polar surface area (TPSA) is 81.9 Å². The number of carbonyl (C=O) groups is 1. The summed E-state index contributed by atoms with van der Waals surface area (Å²) in [5, 5.41) is 24.5. The maximum Gasteiger partial charge on any atom is 0.471 e. The molecule has 0 radical (unpaired) electrons. The number of hydrogen-bond acceptors (Lipinski definition) is 5. The van der Waals surface area contributed by atoms with Crippen LogP contribution in [0.2, 0.25) is 0 Å². The number of thiophene rings is 1. The van der Waals surface area contributed by atoms with Gasteiger partial charge in [0.25, 0.3) is 0 Å². The highest BCUT2D eigenvalue weighted by molar-refractivity contribution is 7.12. The van der Waals surface area contributed by atoms with Crippen molar-refractivity contribution in [2.75, 3.05) is 0 Å². The van der Waals surface area contributed by atoms with Crippen molar-refractivity contribution in [3.05, 3.63) is 21.9 Å². The quantitative estimate of drug-likeness (QED) is 0.530. The third-order valence-electron chi connectivity index (χ3n) is 2.51. The Bertz CT molecular complexity index is 511. The monoisotopic (exact) mass is 280 g/mol. The lowest BCUT2D eigenvalue weighted by Crippen LogP contribution is -2.42. The van der Waals surface area contributed by atoms with E-state index in [-0.39, 0.29) is 5.71 Å². The smallest absolute Gasteiger partial charge is 0.411 e. The second kappa shape index (κ2) is 4.25. The lowest BCUT2D eigenvalue weighted by molar-refractivity contribution is -0.174. The molecular weight excluding hydrogens is 273 g/mol. The zero-order chi connectivity index (χ0) is 13.5. The van der Waals surface area contributed by atoms with E-state index >= 15 is 0 Å². The SMILES string of the molecule is O=C(NC1c2ccsc2/C(=N\O)C1O)C(F)(F)F. The van der Waals surface area contributed by atoms with E-state index in [1.165, 1.54) is 6.07 Å². The van der Waals surface area contributed by atoms with Crippen LogP contribution in [0.5, 0.6) is 0 Å². The Kier molecular flexibility index (Phi) is 3.03. The van der Waals surface area contributed by atoms with Crippen molar-refractivity contribution in [2.24, 2.45) is 5.16 Å². The lowest BCUT2D eigenvalue weighted by atomic mass is 10.1. The summed E-state index contributed by atoms with van der Waals surface area (Å²) < 4.78 is 36.4. The predicted octanol–water partition coefficient (Wildman–Crippen LogP) is 1.02. The van der Waals surface area contributed by atoms with Gasteiger partial charge in [-0.15, -0.1) is 11.3 Å². The van der Waals surface area contributed by atoms with Crippen LogP contribution in [0.15, 0.2) is 16.6 Å². The van der Waals surface area contributed by atoms with Crippen LogP contribution in [-0.4, -0.2) is 34.2 Å². The van der Waals surface area contributed by atoms with Gasteiger partial charge in [0.05, 0.1) is 10.9 Å². The summed E-state index contributed by atoms with van der Waals surface area (Å²) >= 11 is 1.10. The third-order valence-corrected chi connectivity index (χ3v) is 3.46. The standard InChI is InChI=1S/C9H7F3N2O3S/c10-9(11,12)8(16)13-4-3-1-2-18-7(3)5(14-17)6(4)15/h1-2,4,6,15,17H,(H,13,16)/b14-5-. The molecule has 98 valence electrons. The van der Waals surface area contributed by atoms with Crippen LogP contribution in [0, 0.1) is 0 Å². The van der Waals surface area contributed by atoms with Gasteiger partial charge < -0.3 is 15.6 Å². The number of aliphatic hydroxyl groups is 1. The van der Waals surface area contributed by atoms with E-state index in [1.807, 2.05) is 0 Å². The molecule has 2 rings (SSSR count). The summed E-state index contributed by atoms with van der Waals surface area (Å²) in [4.78, 5) is 11.2. The first kappa shape index (κ1) is 12.8. The first-order valence-electron chi connectivity index (χ1n) is 4.71. The molecule has 1 amide bonds. The van der Waals surface area contributed by atoms with Crippen LogP contribution in [0.1, 0.15) is 16.5 Å². The third kappa shape index (κ3) is 1.95. The molecule has 0 saturated heterocycles. The number of amides is 1. The van der Waals surface area contributed by atoms with Gasteiger partial charge in [-0.3, -0.25) is 4.79 Å². The molecule has 1 heterocycles. The fourth-order valence-corrected chi connectivity index (χ4v) is 2.68. The van der Waals surface area contributed by atoms with Crippen molar-refractivity contribution in [1.82, 2.24) is 5.32 Å². The van der Waals surface area contributed by atoms with Crippen molar-refractivity contribution >= 4 is 23.0 Å². The molecule has 2 atom stereocenters. The molecule has 0 aromatic carbocycles. The molecule has 2 unspecified atom stereocenters. The largest absolute Gasteiger partial charge is 0.471 e. The van der Waals surface area contributed by atoms with Gasteiger partial charge in [0.1, 0.15) is 11.8 Å². The van der Waals surface area contributed by atoms with Crippen molar-refractivity contribution in [2.45, 2.75) is 18.3 Å². The maximum absolute atomic E-state index is 12.1. The Balaban J connectivity index is 2.29. The molecule has 1 aromatic rings. The fourth-order valence-electron chi connectivity index (χ4n) is 1.72. The molecule has 5 nitrogen and oxygen atoms in total. The van der Waals surface area contributed by atoms with Crippen LogP contribution in [-0.2, 0) is 4.79 Å². The molecule has 0 spiro atoms. The Hall–Kier alpha value is -1.61. The highest BCUT2D eigenvalue weighted by Crippen LogP contribution is 2.36. The zero-order valence-electron chi connectivity index (χ0n) is 8.60. The second-order valence-corrected chi connectivity index (χ2v) is 4.50. The fraction of sp³-hybridized carbons (Fsp3) is 0.333. The number of halogens is 3. The molecule has 18 heavy (non-hydrogen) atoms. The summed E-state index contributed by atoms with van der Waals surface area (Å²) in [7, 11) is 0. The van der Waals surface area contributed by atoms with E-state index in [0.29, 0.717) is 10.4 Å². The average Bonchev–Trinajstić information content (AvgIpc) is 2.81. The highest BCUT2D eigenvalue weighted by Gasteiger charge is 2.45. The number of hydrogen-bond donors (Lipinski definition) is 3. The van der Waals surface area contributed by atoms with Gasteiger partial charge >= 0.3 is 12.1 Å². The summed E-state index contributed by atoms with van der Waals surface area (Å²) in [5.74, 6) is -2.15. The number of rotatable bonds is 1. The molecule has 0 fully saturated rings. The number of carbonyl (C=O) groups excluding carboxylic acids is 1. The van der Waals surface area contributed by atoms with Crippen molar-refractivity contribution in [3.63, 3.8) is 0 Å². The molecule has 0 bridgehead atoms. The molecule has 3 N–H and O–H groups in total. The van der Waals surface area contributed by atoms with Gasteiger partial charge in [0.2, 0.25) is 0 Å². The molecule has 1 aromatic heterocycles. The number of nitrogens with one attached hydrogen (secondary N) is 1. The molecule has 9 heteroatoms. The van der Waals surface area contributed by atoms with Crippen LogP contribution >= 0.6 is 11.3 Å². The van der Waals surface area contributed by atoms with Gasteiger partial charge in [-0.2, -0.15) is 13.2 Å². The first-order valence-corrected chi connectivity index (χ1v) is 5.59. The summed E-state index contributed by atoms with van der Waals surface area (Å²) in [6.45, 7) is 0. The Morgan fingerprint density at radius 2 is 2.17 bits per heavy atom. The van der Waals surface area contributed by atoms with E-state index < -0.39 is 24.2 Å². The molecule has 1 aliphatic rings. The Morgan fingerprint density at radius 1 is 1.50 bits per heavy atom. The minimum absolute atomic E-state index is 0.146. The van der Waals surface area contributed by atoms with Gasteiger partial charge in [0.15, 0.2) is 0 Å². The van der Waals surface area contributed by atoms with E-state index in [9.17, 15) is 23.1 Å². The van der Waals surface area contributed by atoms with Crippen LogP contribution < -0.4 is 5.32 Å². The Morgan fingerprint density at radius 3 is 2.72 bits per heavy atom. The van der Waals surface area contributed by atoms with Crippen LogP contribution in [0.3, 0.4) is 0 Å². The number of alkyl halides is 3. The van der Waals surface area contributed by atoms with E-state index in [4.69, 9.17) is 5.21 Å². The first-order chi connectivity index (χ1) is 8.36. The van der Waals surface area contributed by atoms with Crippen LogP contribution in [0.4, 0.5) is 13.2 Å². The van der Waals surface area contributed by atoms with E-state index in [0.717, 1.165) is 11.3 Å². The van der Waals surface area contributed by atoms with Gasteiger partial charge in [-0.05, 0) is 17.0 Å². The zero-order valence-corrected chi connectivity index (χ0v) is 9.42. The van der Waals surface area contributed by atoms with Crippen LogP contribution in [0.25, 0.3) is 0 Å². The summed E-state index contributed by atoms with van der Waals surface area (Å²) in [6.07, 6.45) is -6.53. The normalized spacial score (nSPS) is 25.2. The van der Waals surface area contributed by atoms with Gasteiger partial charge in [0, 0.05) is 0 Å². The number of nitrogens with zero attached hydrogens (tertiary/aromatic N) is 1. The second-order valence-electron chi connectivity index (χ2n) is 3.58. The molecule has 1 aliphatic carbocycles. The number of aliphatic hydroxyl groups excluding tert-OH is 1. The van der Waals surface area contributed by atoms with Crippen molar-refractivity contribution in [1.29, 1.82) is 0 Å². The summed E-state index contributed by atoms with van der Waals surface area (Å²) in [6, 6.07) is 0.203. The molecular formula is C9H7F3N2O3S. The Labute approximate surface area is 103 Å². The number of fused-ring (bicyclic) bond motifs is 1. The van der Waals surface area contributed by atoms with E-state index in [2.05, 4.69) is 5.16 Å². The van der Waals surface area contributed by atoms with Gasteiger partial charge in [-0.1, -0.05) is 5.16 Å². The molecule has 0 aliphatic heterocycles. The number of oxime groups is 1. The van der Waals surface area contributed by atoms with Crippen molar-refractivity contribution < 1.29 is 28.3 Å².